The van der Waals surface area contributed by atoms with Gasteiger partial charge in [-0.2, -0.15) is 0 Å². The minimum absolute atomic E-state index is 0.228. The summed E-state index contributed by atoms with van der Waals surface area (Å²) >= 11 is 0. The summed E-state index contributed by atoms with van der Waals surface area (Å²) in [5.74, 6) is -1.57. The van der Waals surface area contributed by atoms with Gasteiger partial charge in [-0.15, -0.1) is 0 Å². The highest BCUT2D eigenvalue weighted by atomic mass is 16.5. The normalized spacial score (nSPS) is 11.1. The molecule has 0 unspecified atom stereocenters. The van der Waals surface area contributed by atoms with Crippen molar-refractivity contribution in [3.8, 4) is 0 Å². The van der Waals surface area contributed by atoms with Crippen molar-refractivity contribution in [2.75, 3.05) is 13.2 Å². The van der Waals surface area contributed by atoms with Crippen molar-refractivity contribution in [2.24, 2.45) is 0 Å². The first-order valence-electron chi connectivity index (χ1n) is 7.02. The first-order chi connectivity index (χ1) is 9.51. The third kappa shape index (κ3) is 9.30. The van der Waals surface area contributed by atoms with Crippen LogP contribution in [0.1, 0.15) is 52.9 Å². The summed E-state index contributed by atoms with van der Waals surface area (Å²) in [6.07, 6.45) is 5.55. The molecule has 0 bridgehead atoms. The Morgan fingerprint density at radius 3 is 2.35 bits per heavy atom. The number of carbonyl (C=O) groups is 3. The van der Waals surface area contributed by atoms with Gasteiger partial charge in [0, 0.05) is 5.57 Å². The maximum Gasteiger partial charge on any atom is 0.333 e. The first kappa shape index (κ1) is 18.4. The number of Topliss-reactive ketones (excluding diaryl/α,β-unsaturated/α-hetero) is 1. The molecule has 0 radical (unpaired) electrons. The summed E-state index contributed by atoms with van der Waals surface area (Å²) in [6, 6.07) is 0. The molecular weight excluding hydrogens is 260 g/mol. The number of ether oxygens (including phenoxy) is 2. The maximum absolute atomic E-state index is 11.6. The van der Waals surface area contributed by atoms with Crippen LogP contribution in [-0.2, 0) is 23.9 Å². The van der Waals surface area contributed by atoms with E-state index in [0.717, 1.165) is 25.7 Å². The van der Waals surface area contributed by atoms with Crippen LogP contribution in [0.2, 0.25) is 0 Å². The van der Waals surface area contributed by atoms with E-state index in [1.165, 1.54) is 0 Å². The molecule has 0 atom stereocenters. The van der Waals surface area contributed by atoms with Crippen molar-refractivity contribution < 1.29 is 23.9 Å². The fourth-order valence-corrected chi connectivity index (χ4v) is 1.48. The summed E-state index contributed by atoms with van der Waals surface area (Å²) < 4.78 is 9.47. The molecule has 0 heterocycles. The summed E-state index contributed by atoms with van der Waals surface area (Å²) in [4.78, 5) is 34.0. The molecule has 0 aliphatic rings. The molecule has 0 amide bonds. The molecule has 0 N–H and O–H groups in total. The summed E-state index contributed by atoms with van der Waals surface area (Å²) in [5.41, 5.74) is 0.491. The number of ketones is 1. The molecule has 0 aromatic carbocycles. The van der Waals surface area contributed by atoms with E-state index < -0.39 is 24.3 Å². The van der Waals surface area contributed by atoms with Crippen LogP contribution >= 0.6 is 0 Å². The molecule has 114 valence electrons. The van der Waals surface area contributed by atoms with Crippen molar-refractivity contribution >= 4 is 17.7 Å². The lowest BCUT2D eigenvalue weighted by atomic mass is 10.1. The second-order valence-electron chi connectivity index (χ2n) is 4.48. The largest absolute Gasteiger partial charge is 0.466 e. The van der Waals surface area contributed by atoms with E-state index in [1.807, 2.05) is 6.08 Å². The molecule has 0 saturated heterocycles. The van der Waals surface area contributed by atoms with Gasteiger partial charge in [0.25, 0.3) is 0 Å². The van der Waals surface area contributed by atoms with Gasteiger partial charge < -0.3 is 9.47 Å². The van der Waals surface area contributed by atoms with Crippen LogP contribution in [0, 0.1) is 0 Å². The third-order valence-electron chi connectivity index (χ3n) is 2.59. The number of carbonyl (C=O) groups excluding carboxylic acids is 3. The van der Waals surface area contributed by atoms with Gasteiger partial charge in [0.2, 0.25) is 0 Å². The SMILES string of the molecule is CCCCCC=C(C)C(=O)OCC(=O)CC(=O)OCC. The van der Waals surface area contributed by atoms with Crippen molar-refractivity contribution in [2.45, 2.75) is 52.9 Å². The van der Waals surface area contributed by atoms with Crippen LogP contribution < -0.4 is 0 Å². The van der Waals surface area contributed by atoms with Gasteiger partial charge in [-0.3, -0.25) is 9.59 Å². The molecule has 5 heteroatoms. The average Bonchev–Trinajstić information content (AvgIpc) is 2.40. The lowest BCUT2D eigenvalue weighted by Crippen LogP contribution is -2.18. The quantitative estimate of drug-likeness (QED) is 0.267. The van der Waals surface area contributed by atoms with Crippen LogP contribution in [0.3, 0.4) is 0 Å². The van der Waals surface area contributed by atoms with Crippen LogP contribution in [0.4, 0.5) is 0 Å². The lowest BCUT2D eigenvalue weighted by molar-refractivity contribution is -0.150. The Balaban J connectivity index is 3.96. The Morgan fingerprint density at radius 1 is 1.05 bits per heavy atom. The zero-order chi connectivity index (χ0) is 15.4. The van der Waals surface area contributed by atoms with Crippen LogP contribution in [0.25, 0.3) is 0 Å². The van der Waals surface area contributed by atoms with E-state index in [9.17, 15) is 14.4 Å². The molecule has 0 aromatic heterocycles. The van der Waals surface area contributed by atoms with Gasteiger partial charge in [0.1, 0.15) is 6.42 Å². The van der Waals surface area contributed by atoms with E-state index in [4.69, 9.17) is 4.74 Å². The van der Waals surface area contributed by atoms with Crippen molar-refractivity contribution in [3.05, 3.63) is 11.6 Å². The highest BCUT2D eigenvalue weighted by molar-refractivity contribution is 5.97. The number of esters is 2. The molecule has 0 fully saturated rings. The van der Waals surface area contributed by atoms with E-state index in [0.29, 0.717) is 5.57 Å². The molecule has 0 aliphatic carbocycles. The minimum Gasteiger partial charge on any atom is -0.466 e. The Labute approximate surface area is 120 Å². The maximum atomic E-state index is 11.6. The molecular formula is C15H24O5. The van der Waals surface area contributed by atoms with Gasteiger partial charge in [0.05, 0.1) is 6.61 Å². The molecule has 0 saturated carbocycles. The molecule has 0 aromatic rings. The molecule has 5 nitrogen and oxygen atoms in total. The Morgan fingerprint density at radius 2 is 1.75 bits per heavy atom. The molecule has 0 rings (SSSR count). The van der Waals surface area contributed by atoms with Crippen LogP contribution in [0.5, 0.6) is 0 Å². The molecule has 0 spiro atoms. The highest BCUT2D eigenvalue weighted by Gasteiger charge is 2.13. The molecule has 0 aliphatic heterocycles. The van der Waals surface area contributed by atoms with E-state index >= 15 is 0 Å². The lowest BCUT2D eigenvalue weighted by Gasteiger charge is -2.04. The highest BCUT2D eigenvalue weighted by Crippen LogP contribution is 2.05. The van der Waals surface area contributed by atoms with Gasteiger partial charge in [-0.1, -0.05) is 25.8 Å². The predicted octanol–water partition coefficient (Wildman–Crippen LogP) is 2.58. The van der Waals surface area contributed by atoms with Crippen LogP contribution in [0.15, 0.2) is 11.6 Å². The van der Waals surface area contributed by atoms with Gasteiger partial charge in [0.15, 0.2) is 12.4 Å². The van der Waals surface area contributed by atoms with Gasteiger partial charge in [-0.05, 0) is 26.7 Å². The average molecular weight is 284 g/mol. The summed E-state index contributed by atoms with van der Waals surface area (Å²) in [5, 5.41) is 0. The topological polar surface area (TPSA) is 69.7 Å². The number of unbranched alkanes of at least 4 members (excludes halogenated alkanes) is 3. The monoisotopic (exact) mass is 284 g/mol. The summed E-state index contributed by atoms with van der Waals surface area (Å²) in [6.45, 7) is 5.27. The van der Waals surface area contributed by atoms with Crippen molar-refractivity contribution in [1.29, 1.82) is 0 Å². The van der Waals surface area contributed by atoms with Gasteiger partial charge in [-0.25, -0.2) is 4.79 Å². The fourth-order valence-electron chi connectivity index (χ4n) is 1.48. The van der Waals surface area contributed by atoms with E-state index in [1.54, 1.807) is 13.8 Å². The minimum atomic E-state index is -0.597. The van der Waals surface area contributed by atoms with Crippen LogP contribution in [-0.4, -0.2) is 30.9 Å². The number of hydrogen-bond donors (Lipinski definition) is 0. The second kappa shape index (κ2) is 11.2. The fraction of sp³-hybridized carbons (Fsp3) is 0.667. The Kier molecular flexibility index (Phi) is 10.3. The van der Waals surface area contributed by atoms with Crippen molar-refractivity contribution in [3.63, 3.8) is 0 Å². The first-order valence-corrected chi connectivity index (χ1v) is 7.02. The predicted molar refractivity (Wildman–Crippen MR) is 75.1 cm³/mol. The second-order valence-corrected chi connectivity index (χ2v) is 4.48. The Bertz CT molecular complexity index is 357. The van der Waals surface area contributed by atoms with E-state index in [-0.39, 0.29) is 13.0 Å². The Hall–Kier alpha value is -1.65. The number of rotatable bonds is 10. The van der Waals surface area contributed by atoms with Crippen molar-refractivity contribution in [1.82, 2.24) is 0 Å². The van der Waals surface area contributed by atoms with E-state index in [2.05, 4.69) is 11.7 Å². The zero-order valence-corrected chi connectivity index (χ0v) is 12.6. The number of hydrogen-bond acceptors (Lipinski definition) is 5. The third-order valence-corrected chi connectivity index (χ3v) is 2.59. The molecule has 20 heavy (non-hydrogen) atoms. The van der Waals surface area contributed by atoms with Gasteiger partial charge >= 0.3 is 11.9 Å². The zero-order valence-electron chi connectivity index (χ0n) is 12.6. The smallest absolute Gasteiger partial charge is 0.333 e. The number of allylic oxidation sites excluding steroid dienone is 1. The summed E-state index contributed by atoms with van der Waals surface area (Å²) in [7, 11) is 0. The standard InChI is InChI=1S/C15H24O5/c1-4-6-7-8-9-12(3)15(18)20-11-13(16)10-14(17)19-5-2/h9H,4-8,10-11H2,1-3H3.